The van der Waals surface area contributed by atoms with Gasteiger partial charge in [-0.3, -0.25) is 4.90 Å². The van der Waals surface area contributed by atoms with E-state index in [4.69, 9.17) is 25.6 Å². The Balaban J connectivity index is 1.85. The van der Waals surface area contributed by atoms with Crippen LogP contribution in [0.4, 0.5) is 0 Å². The number of hydrogen-bond acceptors (Lipinski definition) is 6. The van der Waals surface area contributed by atoms with Crippen molar-refractivity contribution in [1.29, 1.82) is 0 Å². The van der Waals surface area contributed by atoms with E-state index in [2.05, 4.69) is 28.9 Å². The number of aromatic nitrogens is 2. The summed E-state index contributed by atoms with van der Waals surface area (Å²) in [7, 11) is 3.26. The van der Waals surface area contributed by atoms with Gasteiger partial charge in [-0.2, -0.15) is 4.98 Å². The number of methoxy groups -OCH3 is 2. The van der Waals surface area contributed by atoms with Gasteiger partial charge in [0.15, 0.2) is 17.3 Å². The largest absolute Gasteiger partial charge is 0.493 e. The third kappa shape index (κ3) is 3.75. The molecule has 2 heterocycles. The maximum atomic E-state index is 6.24. The van der Waals surface area contributed by atoms with E-state index in [1.807, 2.05) is 6.07 Å². The SMILES string of the molecule is COc1cc(Cl)cc(CN2CCC[C@@H]2c2nc(C(C)C)no2)c1OC. The number of hydrogen-bond donors (Lipinski definition) is 0. The molecule has 0 aliphatic carbocycles. The monoisotopic (exact) mass is 365 g/mol. The fourth-order valence-corrected chi connectivity index (χ4v) is 3.49. The van der Waals surface area contributed by atoms with Crippen LogP contribution in [0.15, 0.2) is 16.7 Å². The summed E-state index contributed by atoms with van der Waals surface area (Å²) < 4.78 is 16.5. The van der Waals surface area contributed by atoms with Crippen molar-refractivity contribution in [2.45, 2.75) is 45.2 Å². The van der Waals surface area contributed by atoms with Gasteiger partial charge in [0, 0.05) is 29.1 Å². The Morgan fingerprint density at radius 2 is 2.12 bits per heavy atom. The molecular weight excluding hydrogens is 342 g/mol. The highest BCUT2D eigenvalue weighted by atomic mass is 35.5. The van der Waals surface area contributed by atoms with E-state index < -0.39 is 0 Å². The zero-order valence-electron chi connectivity index (χ0n) is 15.1. The first-order chi connectivity index (χ1) is 12.0. The van der Waals surface area contributed by atoms with Crippen molar-refractivity contribution in [3.63, 3.8) is 0 Å². The fraction of sp³-hybridized carbons (Fsp3) is 0.556. The average Bonchev–Trinajstić information content (AvgIpc) is 3.23. The quantitative estimate of drug-likeness (QED) is 0.764. The van der Waals surface area contributed by atoms with Gasteiger partial charge in [0.25, 0.3) is 0 Å². The normalized spacial score (nSPS) is 18.1. The van der Waals surface area contributed by atoms with Crippen molar-refractivity contribution in [1.82, 2.24) is 15.0 Å². The highest BCUT2D eigenvalue weighted by Gasteiger charge is 2.32. The molecule has 0 radical (unpaired) electrons. The maximum absolute atomic E-state index is 6.24. The molecule has 0 bridgehead atoms. The molecule has 2 aromatic rings. The number of nitrogens with zero attached hydrogens (tertiary/aromatic N) is 3. The van der Waals surface area contributed by atoms with Crippen LogP contribution in [0, 0.1) is 0 Å². The van der Waals surface area contributed by atoms with Crippen molar-refractivity contribution in [3.05, 3.63) is 34.4 Å². The van der Waals surface area contributed by atoms with Gasteiger partial charge in [0.05, 0.1) is 20.3 Å². The van der Waals surface area contributed by atoms with Gasteiger partial charge in [0.2, 0.25) is 5.89 Å². The second kappa shape index (κ2) is 7.62. The van der Waals surface area contributed by atoms with Crippen LogP contribution in [0.5, 0.6) is 11.5 Å². The molecule has 6 nitrogen and oxygen atoms in total. The Morgan fingerprint density at radius 3 is 2.76 bits per heavy atom. The Morgan fingerprint density at radius 1 is 1.32 bits per heavy atom. The Labute approximate surface area is 153 Å². The van der Waals surface area contributed by atoms with E-state index in [1.54, 1.807) is 20.3 Å². The molecule has 7 heteroatoms. The number of likely N-dealkylation sites (tertiary alicyclic amines) is 1. The molecule has 0 saturated carbocycles. The van der Waals surface area contributed by atoms with Gasteiger partial charge >= 0.3 is 0 Å². The average molecular weight is 366 g/mol. The zero-order chi connectivity index (χ0) is 18.0. The number of halogens is 1. The molecule has 1 fully saturated rings. The molecule has 0 amide bonds. The molecule has 1 aromatic carbocycles. The van der Waals surface area contributed by atoms with Crippen LogP contribution >= 0.6 is 11.6 Å². The first-order valence-electron chi connectivity index (χ1n) is 8.51. The predicted octanol–water partition coefficient (Wildman–Crippen LogP) is 4.20. The van der Waals surface area contributed by atoms with Crippen molar-refractivity contribution < 1.29 is 14.0 Å². The number of rotatable bonds is 6. The first-order valence-corrected chi connectivity index (χ1v) is 8.89. The van der Waals surface area contributed by atoms with Gasteiger partial charge < -0.3 is 14.0 Å². The Kier molecular flexibility index (Phi) is 5.49. The smallest absolute Gasteiger partial charge is 0.244 e. The highest BCUT2D eigenvalue weighted by Crippen LogP contribution is 2.38. The van der Waals surface area contributed by atoms with Crippen LogP contribution in [0.25, 0.3) is 0 Å². The van der Waals surface area contributed by atoms with Crippen molar-refractivity contribution in [3.8, 4) is 11.5 Å². The molecule has 1 aromatic heterocycles. The minimum Gasteiger partial charge on any atom is -0.493 e. The van der Waals surface area contributed by atoms with Gasteiger partial charge in [-0.05, 0) is 25.5 Å². The molecule has 1 saturated heterocycles. The van der Waals surface area contributed by atoms with E-state index >= 15 is 0 Å². The summed E-state index contributed by atoms with van der Waals surface area (Å²) in [5.41, 5.74) is 0.988. The summed E-state index contributed by atoms with van der Waals surface area (Å²) in [6, 6.07) is 3.80. The van der Waals surface area contributed by atoms with E-state index in [0.717, 1.165) is 30.8 Å². The molecule has 0 unspecified atom stereocenters. The zero-order valence-corrected chi connectivity index (χ0v) is 15.8. The fourth-order valence-electron chi connectivity index (χ4n) is 3.25. The van der Waals surface area contributed by atoms with E-state index in [-0.39, 0.29) is 12.0 Å². The lowest BCUT2D eigenvalue weighted by atomic mass is 10.1. The topological polar surface area (TPSA) is 60.6 Å². The Hall–Kier alpha value is -1.79. The van der Waals surface area contributed by atoms with Crippen molar-refractivity contribution in [2.75, 3.05) is 20.8 Å². The highest BCUT2D eigenvalue weighted by molar-refractivity contribution is 6.30. The van der Waals surface area contributed by atoms with Gasteiger partial charge in [-0.25, -0.2) is 0 Å². The van der Waals surface area contributed by atoms with Crippen molar-refractivity contribution in [2.24, 2.45) is 0 Å². The summed E-state index contributed by atoms with van der Waals surface area (Å²) in [6.07, 6.45) is 2.09. The minimum atomic E-state index is 0.120. The summed E-state index contributed by atoms with van der Waals surface area (Å²) in [6.45, 7) is 5.76. The maximum Gasteiger partial charge on any atom is 0.244 e. The lowest BCUT2D eigenvalue weighted by Crippen LogP contribution is -2.23. The number of ether oxygens (including phenoxy) is 2. The second-order valence-corrected chi connectivity index (χ2v) is 7.01. The molecule has 25 heavy (non-hydrogen) atoms. The van der Waals surface area contributed by atoms with Crippen LogP contribution in [0.1, 0.15) is 55.9 Å². The van der Waals surface area contributed by atoms with Gasteiger partial charge in [-0.1, -0.05) is 30.6 Å². The first kappa shape index (κ1) is 18.0. The molecule has 0 N–H and O–H groups in total. The molecule has 136 valence electrons. The summed E-state index contributed by atoms with van der Waals surface area (Å²) in [5.74, 6) is 3.05. The van der Waals surface area contributed by atoms with E-state index in [0.29, 0.717) is 29.0 Å². The predicted molar refractivity (Wildman–Crippen MR) is 95.3 cm³/mol. The molecular formula is C18H24ClN3O3. The van der Waals surface area contributed by atoms with Crippen LogP contribution < -0.4 is 9.47 Å². The third-order valence-corrected chi connectivity index (χ3v) is 4.73. The minimum absolute atomic E-state index is 0.120. The van der Waals surface area contributed by atoms with E-state index in [9.17, 15) is 0 Å². The molecule has 3 rings (SSSR count). The van der Waals surface area contributed by atoms with Crippen molar-refractivity contribution >= 4 is 11.6 Å². The lowest BCUT2D eigenvalue weighted by molar-refractivity contribution is 0.198. The lowest BCUT2D eigenvalue weighted by Gasteiger charge is -2.23. The third-order valence-electron chi connectivity index (χ3n) is 4.52. The summed E-state index contributed by atoms with van der Waals surface area (Å²) in [4.78, 5) is 6.90. The van der Waals surface area contributed by atoms with Crippen LogP contribution in [0.2, 0.25) is 5.02 Å². The van der Waals surface area contributed by atoms with E-state index in [1.165, 1.54) is 0 Å². The number of benzene rings is 1. The Bertz CT molecular complexity index is 732. The summed E-state index contributed by atoms with van der Waals surface area (Å²) >= 11 is 6.24. The van der Waals surface area contributed by atoms with Crippen LogP contribution in [-0.4, -0.2) is 35.8 Å². The molecule has 1 atom stereocenters. The molecule has 1 aliphatic rings. The molecule has 1 aliphatic heterocycles. The van der Waals surface area contributed by atoms with Gasteiger partial charge in [0.1, 0.15) is 0 Å². The van der Waals surface area contributed by atoms with Crippen LogP contribution in [0.3, 0.4) is 0 Å². The second-order valence-electron chi connectivity index (χ2n) is 6.57. The van der Waals surface area contributed by atoms with Gasteiger partial charge in [-0.15, -0.1) is 0 Å². The summed E-state index contributed by atoms with van der Waals surface area (Å²) in [5, 5.41) is 4.73. The standard InChI is InChI=1S/C18H24ClN3O3/c1-11(2)17-20-18(25-21-17)14-6-5-7-22(14)10-12-8-13(19)9-15(23-3)16(12)24-4/h8-9,11,14H,5-7,10H2,1-4H3/t14-/m1/s1. The van der Waals surface area contributed by atoms with Crippen LogP contribution in [-0.2, 0) is 6.54 Å². The molecule has 0 spiro atoms.